The van der Waals surface area contributed by atoms with Gasteiger partial charge in [-0.05, 0) is 29.8 Å². The molecule has 0 aliphatic rings. The molecule has 1 heterocycles. The van der Waals surface area contributed by atoms with Crippen LogP contribution in [0, 0.1) is 0 Å². The van der Waals surface area contributed by atoms with Crippen molar-refractivity contribution >= 4 is 23.6 Å². The van der Waals surface area contributed by atoms with E-state index in [9.17, 15) is 9.59 Å². The molecule has 0 fully saturated rings. The normalized spacial score (nSPS) is 10.5. The lowest BCUT2D eigenvalue weighted by Gasteiger charge is -2.06. The van der Waals surface area contributed by atoms with Crippen molar-refractivity contribution in [3.05, 3.63) is 60.2 Å². The van der Waals surface area contributed by atoms with Crippen LogP contribution in [0.15, 0.2) is 59.8 Å². The summed E-state index contributed by atoms with van der Waals surface area (Å²) < 4.78 is 6.97. The van der Waals surface area contributed by atoms with E-state index in [0.29, 0.717) is 11.0 Å². The molecular weight excluding hydrogens is 376 g/mol. The van der Waals surface area contributed by atoms with Crippen LogP contribution < -0.4 is 10.1 Å². The summed E-state index contributed by atoms with van der Waals surface area (Å²) in [6.45, 7) is 0. The second-order valence-corrected chi connectivity index (χ2v) is 6.96. The van der Waals surface area contributed by atoms with Crippen LogP contribution in [0.2, 0.25) is 0 Å². The zero-order valence-corrected chi connectivity index (χ0v) is 16.4. The lowest BCUT2D eigenvalue weighted by molar-refractivity contribution is -0.128. The van der Waals surface area contributed by atoms with E-state index in [2.05, 4.69) is 15.5 Å². The van der Waals surface area contributed by atoms with Gasteiger partial charge < -0.3 is 9.30 Å². The van der Waals surface area contributed by atoms with Crippen LogP contribution in [0.25, 0.3) is 11.4 Å². The number of benzene rings is 2. The van der Waals surface area contributed by atoms with Crippen molar-refractivity contribution < 1.29 is 14.3 Å². The summed E-state index contributed by atoms with van der Waals surface area (Å²) in [5.41, 5.74) is 1.75. The van der Waals surface area contributed by atoms with E-state index >= 15 is 0 Å². The van der Waals surface area contributed by atoms with E-state index < -0.39 is 0 Å². The molecule has 0 spiro atoms. The van der Waals surface area contributed by atoms with Crippen molar-refractivity contribution in [1.82, 2.24) is 20.1 Å². The summed E-state index contributed by atoms with van der Waals surface area (Å²) in [5, 5.41) is 11.3. The average molecular weight is 396 g/mol. The molecule has 0 aliphatic carbocycles. The minimum Gasteiger partial charge on any atom is -0.497 e. The Labute approximate surface area is 167 Å². The van der Waals surface area contributed by atoms with Gasteiger partial charge in [0.2, 0.25) is 11.8 Å². The van der Waals surface area contributed by atoms with Gasteiger partial charge in [-0.3, -0.25) is 14.9 Å². The van der Waals surface area contributed by atoms with E-state index in [0.717, 1.165) is 16.9 Å². The lowest BCUT2D eigenvalue weighted by Crippen LogP contribution is -2.33. The largest absolute Gasteiger partial charge is 0.497 e. The van der Waals surface area contributed by atoms with E-state index in [1.165, 1.54) is 11.8 Å². The minimum absolute atomic E-state index is 0.0785. The Morgan fingerprint density at radius 3 is 2.43 bits per heavy atom. The van der Waals surface area contributed by atoms with E-state index in [1.807, 2.05) is 66.2 Å². The Morgan fingerprint density at radius 1 is 1.04 bits per heavy atom. The molecule has 0 atom stereocenters. The van der Waals surface area contributed by atoms with Crippen LogP contribution >= 0.6 is 11.8 Å². The Morgan fingerprint density at radius 2 is 1.75 bits per heavy atom. The second kappa shape index (κ2) is 9.18. The zero-order valence-electron chi connectivity index (χ0n) is 15.6. The average Bonchev–Trinajstić information content (AvgIpc) is 3.07. The Kier molecular flexibility index (Phi) is 6.44. The van der Waals surface area contributed by atoms with Crippen molar-refractivity contribution in [1.29, 1.82) is 0 Å². The van der Waals surface area contributed by atoms with Crippen LogP contribution in [-0.2, 0) is 23.1 Å². The maximum absolute atomic E-state index is 12.1. The Bertz CT molecular complexity index is 955. The monoisotopic (exact) mass is 396 g/mol. The molecule has 0 radical (unpaired) electrons. The van der Waals surface area contributed by atoms with Gasteiger partial charge in [0.15, 0.2) is 11.0 Å². The second-order valence-electron chi connectivity index (χ2n) is 6.02. The molecule has 0 aliphatic heterocycles. The fraction of sp³-hybridized carbons (Fsp3) is 0.200. The van der Waals surface area contributed by atoms with Gasteiger partial charge >= 0.3 is 0 Å². The number of thioether (sulfide) groups is 1. The first-order valence-corrected chi connectivity index (χ1v) is 9.58. The number of nitrogens with one attached hydrogen (secondary N) is 1. The third kappa shape index (κ3) is 4.98. The van der Waals surface area contributed by atoms with Gasteiger partial charge in [-0.15, -0.1) is 10.2 Å². The van der Waals surface area contributed by atoms with Crippen molar-refractivity contribution in [2.24, 2.45) is 7.05 Å². The summed E-state index contributed by atoms with van der Waals surface area (Å²) in [5.74, 6) is 0.839. The maximum atomic E-state index is 12.1. The number of nitrogens with zero attached hydrogens (tertiary/aromatic N) is 3. The summed E-state index contributed by atoms with van der Waals surface area (Å²) in [7, 11) is 3.45. The van der Waals surface area contributed by atoms with Gasteiger partial charge in [0.25, 0.3) is 0 Å². The van der Waals surface area contributed by atoms with Crippen molar-refractivity contribution in [2.75, 3.05) is 12.9 Å². The van der Waals surface area contributed by atoms with E-state index in [1.54, 1.807) is 7.11 Å². The standard InChI is InChI=1S/C20H20N4O3S/c1-24-19(15-8-10-16(27-2)11-9-15)22-23-20(24)28-13-18(26)21-17(25)12-14-6-4-3-5-7-14/h3-11H,12-13H2,1-2H3,(H,21,25,26). The van der Waals surface area contributed by atoms with Crippen LogP contribution in [0.5, 0.6) is 5.75 Å². The molecule has 28 heavy (non-hydrogen) atoms. The molecule has 1 aromatic heterocycles. The fourth-order valence-electron chi connectivity index (χ4n) is 2.58. The molecule has 8 heteroatoms. The number of methoxy groups -OCH3 is 1. The summed E-state index contributed by atoms with van der Waals surface area (Å²) in [6, 6.07) is 16.8. The first kappa shape index (κ1) is 19.6. The van der Waals surface area contributed by atoms with Gasteiger partial charge in [0.1, 0.15) is 5.75 Å². The van der Waals surface area contributed by atoms with Gasteiger partial charge in [0, 0.05) is 12.6 Å². The number of carbonyl (C=O) groups is 2. The topological polar surface area (TPSA) is 86.1 Å². The van der Waals surface area contributed by atoms with Gasteiger partial charge in [-0.25, -0.2) is 0 Å². The highest BCUT2D eigenvalue weighted by Gasteiger charge is 2.14. The number of ether oxygens (including phenoxy) is 1. The quantitative estimate of drug-likeness (QED) is 0.618. The highest BCUT2D eigenvalue weighted by molar-refractivity contribution is 7.99. The Balaban J connectivity index is 1.55. The maximum Gasteiger partial charge on any atom is 0.237 e. The van der Waals surface area contributed by atoms with E-state index in [4.69, 9.17) is 4.74 Å². The molecule has 0 saturated carbocycles. The summed E-state index contributed by atoms with van der Waals surface area (Å²) in [4.78, 5) is 24.0. The summed E-state index contributed by atoms with van der Waals surface area (Å²) in [6.07, 6.45) is 0.169. The van der Waals surface area contributed by atoms with Gasteiger partial charge in [-0.1, -0.05) is 42.1 Å². The number of amides is 2. The number of hydrogen-bond donors (Lipinski definition) is 1. The third-order valence-electron chi connectivity index (χ3n) is 4.00. The number of imide groups is 1. The molecule has 1 N–H and O–H groups in total. The third-order valence-corrected chi connectivity index (χ3v) is 5.02. The minimum atomic E-state index is -0.361. The predicted molar refractivity (Wildman–Crippen MR) is 107 cm³/mol. The molecule has 0 unspecified atom stereocenters. The molecule has 0 saturated heterocycles. The molecular formula is C20H20N4O3S. The molecule has 3 rings (SSSR count). The molecule has 2 amide bonds. The number of hydrogen-bond acceptors (Lipinski definition) is 6. The highest BCUT2D eigenvalue weighted by Crippen LogP contribution is 2.24. The molecule has 7 nitrogen and oxygen atoms in total. The molecule has 2 aromatic carbocycles. The Hall–Kier alpha value is -3.13. The number of aromatic nitrogens is 3. The SMILES string of the molecule is COc1ccc(-c2nnc(SCC(=O)NC(=O)Cc3ccccc3)n2C)cc1. The smallest absolute Gasteiger partial charge is 0.237 e. The molecule has 144 valence electrons. The van der Waals surface area contributed by atoms with Crippen molar-refractivity contribution in [3.63, 3.8) is 0 Å². The lowest BCUT2D eigenvalue weighted by atomic mass is 10.1. The number of rotatable bonds is 7. The fourth-order valence-corrected chi connectivity index (χ4v) is 3.29. The van der Waals surface area contributed by atoms with Crippen LogP contribution in [0.1, 0.15) is 5.56 Å². The first-order valence-electron chi connectivity index (χ1n) is 8.60. The number of carbonyl (C=O) groups excluding carboxylic acids is 2. The van der Waals surface area contributed by atoms with Gasteiger partial charge in [-0.2, -0.15) is 0 Å². The highest BCUT2D eigenvalue weighted by atomic mass is 32.2. The van der Waals surface area contributed by atoms with Crippen molar-refractivity contribution in [2.45, 2.75) is 11.6 Å². The van der Waals surface area contributed by atoms with Crippen LogP contribution in [0.4, 0.5) is 0 Å². The summed E-state index contributed by atoms with van der Waals surface area (Å²) >= 11 is 1.23. The molecule has 0 bridgehead atoms. The van der Waals surface area contributed by atoms with Crippen LogP contribution in [-0.4, -0.2) is 39.4 Å². The van der Waals surface area contributed by atoms with Gasteiger partial charge in [0.05, 0.1) is 19.3 Å². The zero-order chi connectivity index (χ0) is 19.9. The first-order chi connectivity index (χ1) is 13.6. The molecule has 3 aromatic rings. The van der Waals surface area contributed by atoms with Crippen molar-refractivity contribution in [3.8, 4) is 17.1 Å². The van der Waals surface area contributed by atoms with Crippen LogP contribution in [0.3, 0.4) is 0 Å². The predicted octanol–water partition coefficient (Wildman–Crippen LogP) is 2.47. The van der Waals surface area contributed by atoms with E-state index in [-0.39, 0.29) is 24.0 Å².